The molecule has 0 unspecified atom stereocenters. The summed E-state index contributed by atoms with van der Waals surface area (Å²) < 4.78 is 2.32. The summed E-state index contributed by atoms with van der Waals surface area (Å²) in [5, 5.41) is 0. The molecule has 0 aliphatic carbocycles. The average Bonchev–Trinajstić information content (AvgIpc) is 2.96. The van der Waals surface area contributed by atoms with E-state index in [1.807, 2.05) is 0 Å². The van der Waals surface area contributed by atoms with Gasteiger partial charge in [0.1, 0.15) is 7.05 Å². The Balaban J connectivity index is 0.00000225. The maximum atomic E-state index is 2.32. The Labute approximate surface area is 168 Å². The summed E-state index contributed by atoms with van der Waals surface area (Å²) >= 11 is 0. The number of hydrogen-bond donors (Lipinski definition) is 0. The summed E-state index contributed by atoms with van der Waals surface area (Å²) in [7, 11) is 4.34. The number of rotatable bonds is 2. The third-order valence-electron chi connectivity index (χ3n) is 6.39. The molecule has 0 fully saturated rings. The maximum Gasteiger partial charge on any atom is 0.209 e. The van der Waals surface area contributed by atoms with E-state index in [1.54, 1.807) is 0 Å². The molecule has 3 nitrogen and oxygen atoms in total. The van der Waals surface area contributed by atoms with Gasteiger partial charge in [0.2, 0.25) is 5.69 Å². The molecule has 0 saturated heterocycles. The number of anilines is 1. The second-order valence-electron chi connectivity index (χ2n) is 8.70. The maximum absolute atomic E-state index is 2.32. The van der Waals surface area contributed by atoms with Crippen LogP contribution >= 0.6 is 0 Å². The van der Waals surface area contributed by atoms with Crippen LogP contribution in [-0.4, -0.2) is 29.9 Å². The van der Waals surface area contributed by atoms with E-state index in [2.05, 4.69) is 118 Å². The predicted octanol–water partition coefficient (Wildman–Crippen LogP) is 5.38. The van der Waals surface area contributed by atoms with Crippen LogP contribution in [0.5, 0.6) is 0 Å². The van der Waals surface area contributed by atoms with Crippen molar-refractivity contribution in [2.75, 3.05) is 19.0 Å². The summed E-state index contributed by atoms with van der Waals surface area (Å²) in [6.45, 7) is 9.24. The molecular formula is C25H30N2O. The van der Waals surface area contributed by atoms with Crippen LogP contribution in [-0.2, 0) is 10.8 Å². The quantitative estimate of drug-likeness (QED) is 0.661. The van der Waals surface area contributed by atoms with Crippen LogP contribution in [0.1, 0.15) is 38.8 Å². The molecule has 2 aliphatic rings. The molecule has 3 heteroatoms. The molecule has 2 aromatic rings. The minimum atomic E-state index is 0. The first-order valence-corrected chi connectivity index (χ1v) is 9.69. The van der Waals surface area contributed by atoms with E-state index in [-0.39, 0.29) is 16.3 Å². The van der Waals surface area contributed by atoms with Gasteiger partial charge >= 0.3 is 0 Å². The molecule has 0 spiro atoms. The monoisotopic (exact) mass is 374 g/mol. The van der Waals surface area contributed by atoms with Gasteiger partial charge in [0.25, 0.3) is 0 Å². The number of para-hydroxylation sites is 2. The summed E-state index contributed by atoms with van der Waals surface area (Å²) in [6, 6.07) is 17.4. The van der Waals surface area contributed by atoms with Crippen molar-refractivity contribution in [2.24, 2.45) is 0 Å². The Morgan fingerprint density at radius 2 is 1.46 bits per heavy atom. The van der Waals surface area contributed by atoms with Crippen molar-refractivity contribution in [2.45, 2.75) is 38.5 Å². The molecule has 28 heavy (non-hydrogen) atoms. The van der Waals surface area contributed by atoms with E-state index >= 15 is 0 Å². The lowest BCUT2D eigenvalue weighted by molar-refractivity contribution is -0.401. The number of likely N-dealkylation sites (N-methyl/N-ethyl adjacent to an activating group) is 1. The lowest BCUT2D eigenvalue weighted by Crippen LogP contribution is -2.26. The summed E-state index contributed by atoms with van der Waals surface area (Å²) in [5.41, 5.74) is 8.09. The van der Waals surface area contributed by atoms with E-state index in [9.17, 15) is 0 Å². The minimum absolute atomic E-state index is 0. The van der Waals surface area contributed by atoms with Gasteiger partial charge in [0.15, 0.2) is 5.71 Å². The van der Waals surface area contributed by atoms with Crippen LogP contribution in [0.15, 0.2) is 72.5 Å². The molecule has 0 aromatic heterocycles. The lowest BCUT2D eigenvalue weighted by Gasteiger charge is -2.23. The zero-order chi connectivity index (χ0) is 19.4. The average molecular weight is 375 g/mol. The van der Waals surface area contributed by atoms with Crippen LogP contribution in [0.4, 0.5) is 11.4 Å². The topological polar surface area (TPSA) is 36.2 Å². The predicted molar refractivity (Wildman–Crippen MR) is 117 cm³/mol. The molecular weight excluding hydrogens is 344 g/mol. The van der Waals surface area contributed by atoms with Gasteiger partial charge < -0.3 is 10.4 Å². The van der Waals surface area contributed by atoms with E-state index in [0.717, 1.165) is 0 Å². The number of nitrogens with zero attached hydrogens (tertiary/aromatic N) is 2. The molecule has 0 amide bonds. The molecule has 0 radical (unpaired) electrons. The van der Waals surface area contributed by atoms with Gasteiger partial charge in [-0.25, -0.2) is 0 Å². The van der Waals surface area contributed by atoms with Gasteiger partial charge in [0, 0.05) is 41.6 Å². The van der Waals surface area contributed by atoms with Crippen molar-refractivity contribution >= 4 is 17.1 Å². The Bertz CT molecular complexity index is 1010. The highest BCUT2D eigenvalue weighted by molar-refractivity contribution is 6.03. The van der Waals surface area contributed by atoms with Crippen molar-refractivity contribution in [3.63, 3.8) is 0 Å². The number of fused-ring (bicyclic) bond motifs is 2. The van der Waals surface area contributed by atoms with E-state index in [4.69, 9.17) is 0 Å². The third kappa shape index (κ3) is 2.73. The Kier molecular flexibility index (Phi) is 4.84. The highest BCUT2D eigenvalue weighted by Gasteiger charge is 2.42. The molecule has 146 valence electrons. The van der Waals surface area contributed by atoms with Crippen molar-refractivity contribution in [1.82, 2.24) is 0 Å². The van der Waals surface area contributed by atoms with Crippen LogP contribution in [0.2, 0.25) is 0 Å². The SMILES string of the molecule is CN1/C(=C\C=C\C2=[N+](C)c3ccccc3C2(C)C)C(C)(C)c2ccccc21.[OH-]. The second kappa shape index (κ2) is 6.75. The minimum Gasteiger partial charge on any atom is -0.870 e. The third-order valence-corrected chi connectivity index (χ3v) is 6.39. The first-order chi connectivity index (χ1) is 12.8. The number of benzene rings is 2. The van der Waals surface area contributed by atoms with Crippen LogP contribution in [0.3, 0.4) is 0 Å². The van der Waals surface area contributed by atoms with E-state index in [0.29, 0.717) is 0 Å². The zero-order valence-corrected chi connectivity index (χ0v) is 17.7. The Hall–Kier alpha value is -2.65. The lowest BCUT2D eigenvalue weighted by atomic mass is 9.81. The van der Waals surface area contributed by atoms with Gasteiger partial charge in [-0.2, -0.15) is 4.58 Å². The van der Waals surface area contributed by atoms with Crippen LogP contribution < -0.4 is 4.90 Å². The molecule has 0 bridgehead atoms. The van der Waals surface area contributed by atoms with Crippen molar-refractivity contribution in [1.29, 1.82) is 0 Å². The van der Waals surface area contributed by atoms with Crippen molar-refractivity contribution < 1.29 is 10.1 Å². The largest absolute Gasteiger partial charge is 0.870 e. The highest BCUT2D eigenvalue weighted by Crippen LogP contribution is 2.46. The number of hydrogen-bond acceptors (Lipinski definition) is 2. The summed E-state index contributed by atoms with van der Waals surface area (Å²) in [6.07, 6.45) is 6.78. The zero-order valence-electron chi connectivity index (χ0n) is 17.7. The second-order valence-corrected chi connectivity index (χ2v) is 8.70. The van der Waals surface area contributed by atoms with Crippen molar-refractivity contribution in [3.8, 4) is 0 Å². The fourth-order valence-electron chi connectivity index (χ4n) is 4.83. The fourth-order valence-corrected chi connectivity index (χ4v) is 4.83. The normalized spacial score (nSPS) is 20.5. The first-order valence-electron chi connectivity index (χ1n) is 9.69. The van der Waals surface area contributed by atoms with Gasteiger partial charge in [-0.15, -0.1) is 0 Å². The molecule has 2 heterocycles. The Morgan fingerprint density at radius 3 is 2.11 bits per heavy atom. The smallest absolute Gasteiger partial charge is 0.209 e. The van der Waals surface area contributed by atoms with Gasteiger partial charge in [-0.05, 0) is 31.6 Å². The molecule has 1 N–H and O–H groups in total. The molecule has 0 saturated carbocycles. The highest BCUT2D eigenvalue weighted by atomic mass is 16.0. The molecule has 2 aliphatic heterocycles. The summed E-state index contributed by atoms with van der Waals surface area (Å²) in [5.74, 6) is 0. The standard InChI is InChI=1S/C25H29N2.H2O/c1-24(2)18-12-7-9-14-20(18)26(5)22(24)16-11-17-23-25(3,4)19-13-8-10-15-21(19)27(23)6;/h7-17H,1-6H3;1H2/q+1;/p-1. The van der Waals surface area contributed by atoms with Crippen LogP contribution in [0.25, 0.3) is 0 Å². The van der Waals surface area contributed by atoms with E-state index in [1.165, 1.54) is 33.9 Å². The Morgan fingerprint density at radius 1 is 0.857 bits per heavy atom. The molecule has 2 aromatic carbocycles. The van der Waals surface area contributed by atoms with Gasteiger partial charge in [0.05, 0.1) is 5.41 Å². The van der Waals surface area contributed by atoms with Gasteiger partial charge in [-0.3, -0.25) is 0 Å². The van der Waals surface area contributed by atoms with Crippen molar-refractivity contribution in [3.05, 3.63) is 83.6 Å². The van der Waals surface area contributed by atoms with E-state index < -0.39 is 0 Å². The number of allylic oxidation sites excluding steroid dienone is 4. The van der Waals surface area contributed by atoms with Gasteiger partial charge in [-0.1, -0.05) is 56.3 Å². The first kappa shape index (κ1) is 20.1. The summed E-state index contributed by atoms with van der Waals surface area (Å²) in [4.78, 5) is 2.32. The molecule has 0 atom stereocenters. The molecule has 4 rings (SSSR count). The fraction of sp³-hybridized carbons (Fsp3) is 0.320. The van der Waals surface area contributed by atoms with Crippen LogP contribution in [0, 0.1) is 0 Å².